The Morgan fingerprint density at radius 1 is 0.981 bits per heavy atom. The summed E-state index contributed by atoms with van der Waals surface area (Å²) in [6.07, 6.45) is 9.69. The van der Waals surface area contributed by atoms with Gasteiger partial charge in [0.15, 0.2) is 5.82 Å². The number of nitrogens with one attached hydrogen (secondary N) is 4. The van der Waals surface area contributed by atoms with Gasteiger partial charge in [0.05, 0.1) is 6.33 Å². The van der Waals surface area contributed by atoms with Gasteiger partial charge in [0, 0.05) is 42.8 Å². The third kappa shape index (κ3) is 8.44. The van der Waals surface area contributed by atoms with Crippen LogP contribution in [0.1, 0.15) is 65.5 Å². The molecular formula is C40H49N7O5. The smallest absolute Gasteiger partial charge is 0.408 e. The number of carbonyl (C=O) groups is 4. The molecule has 2 aromatic heterocycles. The zero-order valence-electron chi connectivity index (χ0n) is 30.8. The van der Waals surface area contributed by atoms with Gasteiger partial charge < -0.3 is 35.1 Å². The largest absolute Gasteiger partial charge is 0.444 e. The summed E-state index contributed by atoms with van der Waals surface area (Å²) in [5.41, 5.74) is -0.157. The molecule has 0 aliphatic carbocycles. The van der Waals surface area contributed by atoms with E-state index in [1.807, 2.05) is 78.7 Å². The minimum Gasteiger partial charge on any atom is -0.444 e. The fraction of sp³-hybridized carbons (Fsp3) is 0.375. The number of aromatic nitrogens is 3. The van der Waals surface area contributed by atoms with E-state index in [1.54, 1.807) is 37.6 Å². The molecule has 3 heterocycles. The molecule has 1 unspecified atom stereocenters. The summed E-state index contributed by atoms with van der Waals surface area (Å²) < 4.78 is 7.08. The molecule has 12 nitrogen and oxygen atoms in total. The zero-order chi connectivity index (χ0) is 37.7. The monoisotopic (exact) mass is 707 g/mol. The number of aromatic amines is 1. The van der Waals surface area contributed by atoms with E-state index in [0.29, 0.717) is 13.1 Å². The van der Waals surface area contributed by atoms with Gasteiger partial charge in [0.1, 0.15) is 22.7 Å². The number of allylic oxidation sites excluding steroid dienone is 2. The highest BCUT2D eigenvalue weighted by molar-refractivity contribution is 6.00. The molecule has 0 spiro atoms. The SMILES string of the molecule is C=C/C=C(\c1ccccc1)C(C)(C(=O)N1CCCC1)n1cnc(NC(=O)[C@@H](Cc2c[nH]c3ccccc23)NC(=O)C(C)(C)NC(=O)OC(C)(C)C)c1. The fourth-order valence-corrected chi connectivity index (χ4v) is 6.40. The van der Waals surface area contributed by atoms with Crippen molar-refractivity contribution < 1.29 is 23.9 Å². The number of anilines is 1. The first-order valence-corrected chi connectivity index (χ1v) is 17.5. The maximum atomic E-state index is 14.4. The van der Waals surface area contributed by atoms with E-state index in [0.717, 1.165) is 40.4 Å². The Hall–Kier alpha value is -5.65. The maximum Gasteiger partial charge on any atom is 0.408 e. The Balaban J connectivity index is 1.45. The van der Waals surface area contributed by atoms with Crippen LogP contribution in [-0.2, 0) is 31.1 Å². The molecule has 2 aromatic carbocycles. The van der Waals surface area contributed by atoms with E-state index < -0.39 is 40.6 Å². The fourth-order valence-electron chi connectivity index (χ4n) is 6.40. The molecule has 12 heteroatoms. The molecular weight excluding hydrogens is 658 g/mol. The van der Waals surface area contributed by atoms with E-state index >= 15 is 0 Å². The van der Waals surface area contributed by atoms with Gasteiger partial charge in [0.25, 0.3) is 5.91 Å². The minimum absolute atomic E-state index is 0.0959. The number of hydrogen-bond donors (Lipinski definition) is 4. The highest BCUT2D eigenvalue weighted by atomic mass is 16.6. The van der Waals surface area contributed by atoms with Crippen LogP contribution < -0.4 is 16.0 Å². The van der Waals surface area contributed by atoms with E-state index in [-0.39, 0.29) is 18.1 Å². The Kier molecular flexibility index (Phi) is 11.1. The van der Waals surface area contributed by atoms with Crippen LogP contribution in [0.4, 0.5) is 10.6 Å². The number of ether oxygens (including phenoxy) is 1. The van der Waals surface area contributed by atoms with Crippen LogP contribution in [0.15, 0.2) is 92.0 Å². The van der Waals surface area contributed by atoms with Crippen molar-refractivity contribution in [3.63, 3.8) is 0 Å². The minimum atomic E-state index is -1.42. The molecule has 0 bridgehead atoms. The maximum absolute atomic E-state index is 14.4. The first-order chi connectivity index (χ1) is 24.6. The number of likely N-dealkylation sites (tertiary alicyclic amines) is 1. The van der Waals surface area contributed by atoms with Gasteiger partial charge in [-0.15, -0.1) is 0 Å². The van der Waals surface area contributed by atoms with Crippen LogP contribution in [0.25, 0.3) is 16.5 Å². The molecule has 4 amide bonds. The predicted octanol–water partition coefficient (Wildman–Crippen LogP) is 5.94. The Labute approximate surface area is 304 Å². The predicted molar refractivity (Wildman–Crippen MR) is 202 cm³/mol. The first-order valence-electron chi connectivity index (χ1n) is 17.5. The summed E-state index contributed by atoms with van der Waals surface area (Å²) >= 11 is 0. The van der Waals surface area contributed by atoms with Crippen LogP contribution in [0.3, 0.4) is 0 Å². The van der Waals surface area contributed by atoms with E-state index in [9.17, 15) is 19.2 Å². The number of rotatable bonds is 12. The van der Waals surface area contributed by atoms with Gasteiger partial charge in [-0.1, -0.05) is 67.3 Å². The highest BCUT2D eigenvalue weighted by Gasteiger charge is 2.43. The second kappa shape index (κ2) is 15.3. The number of hydrogen-bond acceptors (Lipinski definition) is 6. The van der Waals surface area contributed by atoms with Crippen molar-refractivity contribution in [3.05, 3.63) is 103 Å². The molecule has 1 fully saturated rings. The number of fused-ring (bicyclic) bond motifs is 1. The third-order valence-corrected chi connectivity index (χ3v) is 9.16. The van der Waals surface area contributed by atoms with Crippen LogP contribution in [-0.4, -0.2) is 73.5 Å². The second-order valence-electron chi connectivity index (χ2n) is 14.8. The highest BCUT2D eigenvalue weighted by Crippen LogP contribution is 2.37. The van der Waals surface area contributed by atoms with Gasteiger partial charge in [-0.05, 0) is 77.2 Å². The Morgan fingerprint density at radius 3 is 2.33 bits per heavy atom. The average Bonchev–Trinajstić information content (AvgIpc) is 3.88. The van der Waals surface area contributed by atoms with Gasteiger partial charge in [-0.3, -0.25) is 14.4 Å². The molecule has 4 aromatic rings. The zero-order valence-corrected chi connectivity index (χ0v) is 30.8. The number of para-hydroxylation sites is 1. The molecule has 2 atom stereocenters. The molecule has 1 saturated heterocycles. The molecule has 52 heavy (non-hydrogen) atoms. The number of amides is 4. The van der Waals surface area contributed by atoms with Gasteiger partial charge in [-0.25, -0.2) is 9.78 Å². The van der Waals surface area contributed by atoms with Crippen molar-refractivity contribution in [2.45, 2.75) is 83.5 Å². The van der Waals surface area contributed by atoms with Crippen LogP contribution in [0.2, 0.25) is 0 Å². The number of carbonyl (C=O) groups excluding carboxylic acids is 4. The van der Waals surface area contributed by atoms with Crippen LogP contribution >= 0.6 is 0 Å². The lowest BCUT2D eigenvalue weighted by Crippen LogP contribution is -2.59. The molecule has 5 rings (SSSR count). The summed E-state index contributed by atoms with van der Waals surface area (Å²) in [5.74, 6) is -1.02. The summed E-state index contributed by atoms with van der Waals surface area (Å²) in [7, 11) is 0. The number of imidazole rings is 1. The topological polar surface area (TPSA) is 150 Å². The van der Waals surface area contributed by atoms with Crippen molar-refractivity contribution in [1.29, 1.82) is 0 Å². The van der Waals surface area contributed by atoms with Gasteiger partial charge in [0.2, 0.25) is 11.8 Å². The van der Waals surface area contributed by atoms with Crippen molar-refractivity contribution in [2.75, 3.05) is 18.4 Å². The molecule has 1 aliphatic rings. The molecule has 4 N–H and O–H groups in total. The summed E-state index contributed by atoms with van der Waals surface area (Å²) in [4.78, 5) is 64.4. The standard InChI is InChI=1S/C40H49N7O5/c1-8-16-30(27-17-10-9-11-18-27)40(7,36(50)46-21-14-15-22-46)47-25-33(42-26-47)44-34(48)32(23-28-24-41-31-20-13-12-19-29(28)31)43-35(49)39(5,6)45-37(51)52-38(2,3)4/h8-13,16-20,24-26,32,41H,1,14-15,21-23H2,2-7H3,(H,43,49)(H,44,48)(H,45,51)/b30-16+/t32-,40?/m1/s1. The normalized spacial score (nSPS) is 15.4. The molecule has 1 aliphatic heterocycles. The lowest BCUT2D eigenvalue weighted by atomic mass is 9.84. The first kappa shape index (κ1) is 37.6. The summed E-state index contributed by atoms with van der Waals surface area (Å²) in [6, 6.07) is 16.2. The van der Waals surface area contributed by atoms with Crippen molar-refractivity contribution in [2.24, 2.45) is 0 Å². The van der Waals surface area contributed by atoms with Gasteiger partial charge >= 0.3 is 6.09 Å². The van der Waals surface area contributed by atoms with Crippen molar-refractivity contribution in [1.82, 2.24) is 30.1 Å². The number of alkyl carbamates (subject to hydrolysis) is 1. The lowest BCUT2D eigenvalue weighted by molar-refractivity contribution is -0.136. The van der Waals surface area contributed by atoms with E-state index in [4.69, 9.17) is 4.74 Å². The second-order valence-corrected chi connectivity index (χ2v) is 14.8. The number of benzene rings is 2. The number of nitrogens with zero attached hydrogens (tertiary/aromatic N) is 3. The van der Waals surface area contributed by atoms with E-state index in [1.165, 1.54) is 20.2 Å². The lowest BCUT2D eigenvalue weighted by Gasteiger charge is -2.36. The molecule has 0 radical (unpaired) electrons. The molecule has 0 saturated carbocycles. The van der Waals surface area contributed by atoms with Crippen molar-refractivity contribution in [3.8, 4) is 0 Å². The van der Waals surface area contributed by atoms with Crippen LogP contribution in [0, 0.1) is 0 Å². The summed E-state index contributed by atoms with van der Waals surface area (Å²) in [5, 5.41) is 9.23. The van der Waals surface area contributed by atoms with Gasteiger partial charge in [-0.2, -0.15) is 0 Å². The Bertz CT molecular complexity index is 1960. The average molecular weight is 708 g/mol. The Morgan fingerprint density at radius 2 is 1.65 bits per heavy atom. The van der Waals surface area contributed by atoms with E-state index in [2.05, 4.69) is 32.5 Å². The third-order valence-electron chi connectivity index (χ3n) is 9.16. The number of H-pyrrole nitrogens is 1. The molecule has 274 valence electrons. The quantitative estimate of drug-likeness (QED) is 0.134. The van der Waals surface area contributed by atoms with Crippen molar-refractivity contribution >= 4 is 46.1 Å². The van der Waals surface area contributed by atoms with Crippen LogP contribution in [0.5, 0.6) is 0 Å². The summed E-state index contributed by atoms with van der Waals surface area (Å²) in [6.45, 7) is 15.3.